The van der Waals surface area contributed by atoms with Gasteiger partial charge in [0.2, 0.25) is 0 Å². The zero-order valence-corrected chi connectivity index (χ0v) is 12.7. The van der Waals surface area contributed by atoms with Gasteiger partial charge < -0.3 is 4.98 Å². The van der Waals surface area contributed by atoms with Crippen molar-refractivity contribution >= 4 is 49.9 Å². The Balaban J connectivity index is 0.000000980. The van der Waals surface area contributed by atoms with Gasteiger partial charge >= 0.3 is 0 Å². The minimum atomic E-state index is 0. The number of imidazole rings is 1. The molecule has 0 saturated heterocycles. The average Bonchev–Trinajstić information content (AvgIpc) is 2.67. The first-order chi connectivity index (χ1) is 6.40. The number of aromatic amines is 1. The molecule has 0 fully saturated rings. The molecule has 0 aliphatic heterocycles. The zero-order chi connectivity index (χ0) is 9.10. The third kappa shape index (κ3) is 3.70. The highest BCUT2D eigenvalue weighted by Gasteiger charge is 2.01. The first-order valence-electron chi connectivity index (χ1n) is 3.91. The Morgan fingerprint density at radius 1 is 1.20 bits per heavy atom. The highest BCUT2D eigenvalue weighted by Crippen LogP contribution is 2.14. The number of hydrogen-bond acceptors (Lipinski definition) is 2. The molecule has 0 atom stereocenters. The van der Waals surface area contributed by atoms with Crippen LogP contribution in [0.3, 0.4) is 0 Å². The van der Waals surface area contributed by atoms with Crippen LogP contribution in [0.4, 0.5) is 0 Å². The van der Waals surface area contributed by atoms with Crippen molar-refractivity contribution < 1.29 is 0 Å². The van der Waals surface area contributed by atoms with Crippen LogP contribution in [0.5, 0.6) is 0 Å². The normalized spacial score (nSPS) is 8.87. The molecule has 0 aliphatic rings. The smallest absolute Gasteiger partial charge is 0.137 e. The average molecular weight is 400 g/mol. The number of aromatic nitrogens is 3. The summed E-state index contributed by atoms with van der Waals surface area (Å²) in [6.45, 7) is 0. The van der Waals surface area contributed by atoms with Crippen LogP contribution in [0.25, 0.3) is 11.4 Å². The minimum Gasteiger partial charge on any atom is -0.344 e. The lowest BCUT2D eigenvalue weighted by atomic mass is 10.2. The monoisotopic (exact) mass is 397 g/mol. The maximum absolute atomic E-state index is 4.37. The van der Waals surface area contributed by atoms with E-state index in [1.807, 2.05) is 18.3 Å². The summed E-state index contributed by atoms with van der Waals surface area (Å²) in [6, 6.07) is 3.85. The van der Waals surface area contributed by atoms with E-state index in [1.165, 1.54) is 0 Å². The van der Waals surface area contributed by atoms with Gasteiger partial charge in [-0.3, -0.25) is 4.98 Å². The first kappa shape index (κ1) is 14.8. The van der Waals surface area contributed by atoms with Crippen LogP contribution in [0.1, 0.15) is 5.69 Å². The molecule has 6 heteroatoms. The molecule has 82 valence electrons. The van der Waals surface area contributed by atoms with Gasteiger partial charge in [0.25, 0.3) is 0 Å². The van der Waals surface area contributed by atoms with E-state index in [-0.39, 0.29) is 34.0 Å². The summed E-state index contributed by atoms with van der Waals surface area (Å²) in [4.78, 5) is 11.4. The summed E-state index contributed by atoms with van der Waals surface area (Å²) in [5, 5.41) is 0.772. The summed E-state index contributed by atoms with van der Waals surface area (Å²) in [5.74, 6) is 0.886. The summed E-state index contributed by atoms with van der Waals surface area (Å²) < 4.78 is 0. The number of alkyl halides is 1. The Bertz CT molecular complexity index is 389. The predicted molar refractivity (Wildman–Crippen MR) is 75.1 cm³/mol. The van der Waals surface area contributed by atoms with E-state index in [0.717, 1.165) is 22.4 Å². The molecule has 0 unspecified atom stereocenters. The van der Waals surface area contributed by atoms with E-state index < -0.39 is 0 Å². The Morgan fingerprint density at radius 3 is 2.40 bits per heavy atom. The van der Waals surface area contributed by atoms with E-state index >= 15 is 0 Å². The molecular formula is C9H10Br3N3. The molecule has 2 aromatic heterocycles. The summed E-state index contributed by atoms with van der Waals surface area (Å²) in [5.41, 5.74) is 2.06. The topological polar surface area (TPSA) is 41.6 Å². The summed E-state index contributed by atoms with van der Waals surface area (Å²) in [7, 11) is 0. The number of pyridine rings is 1. The highest BCUT2D eigenvalue weighted by atomic mass is 79.9. The molecule has 0 bridgehead atoms. The van der Waals surface area contributed by atoms with Gasteiger partial charge in [-0.25, -0.2) is 4.98 Å². The van der Waals surface area contributed by atoms with Crippen LogP contribution in [0.15, 0.2) is 30.7 Å². The van der Waals surface area contributed by atoms with Crippen LogP contribution in [0, 0.1) is 0 Å². The van der Waals surface area contributed by atoms with Crippen molar-refractivity contribution in [2.24, 2.45) is 0 Å². The van der Waals surface area contributed by atoms with Crippen LogP contribution in [-0.4, -0.2) is 15.0 Å². The first-order valence-corrected chi connectivity index (χ1v) is 5.03. The van der Waals surface area contributed by atoms with Gasteiger partial charge in [0, 0.05) is 29.5 Å². The molecule has 2 rings (SSSR count). The van der Waals surface area contributed by atoms with E-state index in [2.05, 4.69) is 30.9 Å². The number of H-pyrrole nitrogens is 1. The number of nitrogens with zero attached hydrogens (tertiary/aromatic N) is 2. The third-order valence-corrected chi connectivity index (χ3v) is 2.30. The Hall–Kier alpha value is -0.200. The SMILES string of the molecule is Br.Br.BrCc1c[nH]c(-c2ccncc2)n1. The number of halogens is 3. The molecule has 2 heterocycles. The van der Waals surface area contributed by atoms with Crippen LogP contribution >= 0.6 is 49.9 Å². The van der Waals surface area contributed by atoms with E-state index in [0.29, 0.717) is 0 Å². The lowest BCUT2D eigenvalue weighted by Gasteiger charge is -1.93. The Morgan fingerprint density at radius 2 is 1.87 bits per heavy atom. The van der Waals surface area contributed by atoms with Gasteiger partial charge in [0.1, 0.15) is 5.82 Å². The molecule has 2 aromatic rings. The quantitative estimate of drug-likeness (QED) is 0.785. The van der Waals surface area contributed by atoms with Crippen molar-refractivity contribution in [1.29, 1.82) is 0 Å². The third-order valence-electron chi connectivity index (χ3n) is 1.72. The number of nitrogens with one attached hydrogen (secondary N) is 1. The molecular weight excluding hydrogens is 390 g/mol. The lowest BCUT2D eigenvalue weighted by Crippen LogP contribution is -1.81. The van der Waals surface area contributed by atoms with Crippen LogP contribution in [-0.2, 0) is 5.33 Å². The van der Waals surface area contributed by atoms with E-state index in [9.17, 15) is 0 Å². The van der Waals surface area contributed by atoms with Gasteiger partial charge in [-0.15, -0.1) is 34.0 Å². The second kappa shape index (κ2) is 7.14. The summed E-state index contributed by atoms with van der Waals surface area (Å²) in [6.07, 6.45) is 5.40. The Kier molecular flexibility index (Phi) is 7.04. The summed E-state index contributed by atoms with van der Waals surface area (Å²) >= 11 is 3.35. The number of rotatable bonds is 2. The fourth-order valence-electron chi connectivity index (χ4n) is 1.09. The molecule has 0 amide bonds. The zero-order valence-electron chi connectivity index (χ0n) is 7.68. The van der Waals surface area contributed by atoms with Gasteiger partial charge in [-0.1, -0.05) is 15.9 Å². The molecule has 0 aliphatic carbocycles. The second-order valence-corrected chi connectivity index (χ2v) is 3.17. The van der Waals surface area contributed by atoms with Crippen LogP contribution in [0.2, 0.25) is 0 Å². The van der Waals surface area contributed by atoms with E-state index in [4.69, 9.17) is 0 Å². The maximum atomic E-state index is 4.37. The standard InChI is InChI=1S/C9H8BrN3.2BrH/c10-5-8-6-12-9(13-8)7-1-3-11-4-2-7;;/h1-4,6H,5H2,(H,12,13);2*1H. The number of hydrogen-bond donors (Lipinski definition) is 1. The minimum absolute atomic E-state index is 0. The predicted octanol–water partition coefficient (Wildman–Crippen LogP) is 3.52. The van der Waals surface area contributed by atoms with Crippen molar-refractivity contribution in [2.45, 2.75) is 5.33 Å². The maximum Gasteiger partial charge on any atom is 0.137 e. The fourth-order valence-corrected chi connectivity index (χ4v) is 1.37. The van der Waals surface area contributed by atoms with Crippen molar-refractivity contribution in [3.8, 4) is 11.4 Å². The lowest BCUT2D eigenvalue weighted by molar-refractivity contribution is 1.23. The molecule has 1 N–H and O–H groups in total. The van der Waals surface area contributed by atoms with Crippen molar-refractivity contribution in [3.63, 3.8) is 0 Å². The highest BCUT2D eigenvalue weighted by molar-refractivity contribution is 9.08. The fraction of sp³-hybridized carbons (Fsp3) is 0.111. The molecule has 3 nitrogen and oxygen atoms in total. The van der Waals surface area contributed by atoms with Crippen molar-refractivity contribution in [1.82, 2.24) is 15.0 Å². The molecule has 0 radical (unpaired) electrons. The van der Waals surface area contributed by atoms with Crippen LogP contribution < -0.4 is 0 Å². The molecule has 0 aromatic carbocycles. The Labute approximate surface area is 117 Å². The van der Waals surface area contributed by atoms with Gasteiger partial charge in [-0.05, 0) is 12.1 Å². The van der Waals surface area contributed by atoms with Gasteiger partial charge in [0.05, 0.1) is 5.69 Å². The van der Waals surface area contributed by atoms with Gasteiger partial charge in [0.15, 0.2) is 0 Å². The second-order valence-electron chi connectivity index (χ2n) is 2.61. The van der Waals surface area contributed by atoms with Crippen molar-refractivity contribution in [3.05, 3.63) is 36.4 Å². The van der Waals surface area contributed by atoms with E-state index in [1.54, 1.807) is 12.4 Å². The van der Waals surface area contributed by atoms with Crippen molar-refractivity contribution in [2.75, 3.05) is 0 Å². The molecule has 0 spiro atoms. The van der Waals surface area contributed by atoms with Gasteiger partial charge in [-0.2, -0.15) is 0 Å². The molecule has 15 heavy (non-hydrogen) atoms. The molecule has 0 saturated carbocycles. The largest absolute Gasteiger partial charge is 0.344 e.